The molecule has 0 aliphatic carbocycles. The predicted octanol–water partition coefficient (Wildman–Crippen LogP) is 3.98. The van der Waals surface area contributed by atoms with Crippen molar-refractivity contribution in [2.75, 3.05) is 13.2 Å². The summed E-state index contributed by atoms with van der Waals surface area (Å²) in [5, 5.41) is 12.2. The molecule has 0 unspecified atom stereocenters. The summed E-state index contributed by atoms with van der Waals surface area (Å²) in [7, 11) is 0. The van der Waals surface area contributed by atoms with Gasteiger partial charge in [0.05, 0.1) is 11.1 Å². The topological polar surface area (TPSA) is 71.4 Å². The van der Waals surface area contributed by atoms with Crippen LogP contribution in [0.25, 0.3) is 0 Å². The minimum Gasteiger partial charge on any atom is -0.490 e. The molecule has 2 aromatic carbocycles. The number of rotatable bonds is 8. The average Bonchev–Trinajstić information content (AvgIpc) is 2.61. The van der Waals surface area contributed by atoms with Crippen LogP contribution in [-0.2, 0) is 11.3 Å². The van der Waals surface area contributed by atoms with E-state index in [1.165, 1.54) is 0 Å². The lowest BCUT2D eigenvalue weighted by atomic mass is 10.2. The number of ether oxygens (including phenoxy) is 2. The highest BCUT2D eigenvalue weighted by Gasteiger charge is 2.06. The number of carbonyl (C=O) groups is 1. The van der Waals surface area contributed by atoms with Gasteiger partial charge in [-0.1, -0.05) is 41.4 Å². The Balaban J connectivity index is 1.85. The van der Waals surface area contributed by atoms with Crippen LogP contribution < -0.4 is 14.8 Å². The van der Waals surface area contributed by atoms with Crippen LogP contribution in [0.15, 0.2) is 42.5 Å². The van der Waals surface area contributed by atoms with E-state index in [9.17, 15) is 4.79 Å². The van der Waals surface area contributed by atoms with Crippen LogP contribution in [0, 0.1) is 11.3 Å². The second-order valence-electron chi connectivity index (χ2n) is 4.99. The van der Waals surface area contributed by atoms with Crippen molar-refractivity contribution in [3.8, 4) is 17.6 Å². The quantitative estimate of drug-likeness (QED) is 0.705. The van der Waals surface area contributed by atoms with E-state index in [0.29, 0.717) is 28.2 Å². The van der Waals surface area contributed by atoms with Crippen molar-refractivity contribution in [1.82, 2.24) is 5.32 Å². The molecule has 2 rings (SSSR count). The number of benzene rings is 2. The van der Waals surface area contributed by atoms with Gasteiger partial charge in [-0.15, -0.1) is 0 Å². The fourth-order valence-corrected chi connectivity index (χ4v) is 2.34. The highest BCUT2D eigenvalue weighted by Crippen LogP contribution is 2.27. The number of para-hydroxylation sites is 1. The largest absolute Gasteiger partial charge is 0.490 e. The Morgan fingerprint density at radius 3 is 2.56 bits per heavy atom. The molecule has 1 amide bonds. The van der Waals surface area contributed by atoms with E-state index in [1.807, 2.05) is 18.2 Å². The van der Waals surface area contributed by atoms with Crippen LogP contribution in [0.2, 0.25) is 10.0 Å². The maximum Gasteiger partial charge on any atom is 0.234 e. The van der Waals surface area contributed by atoms with Gasteiger partial charge < -0.3 is 14.8 Å². The van der Waals surface area contributed by atoms with Crippen LogP contribution >= 0.6 is 23.2 Å². The molecule has 0 radical (unpaired) electrons. The number of nitriles is 1. The Hall–Kier alpha value is -2.42. The molecular weight excluding hydrogens is 363 g/mol. The second-order valence-corrected chi connectivity index (χ2v) is 5.83. The molecule has 0 aliphatic heterocycles. The zero-order chi connectivity index (χ0) is 18.1. The van der Waals surface area contributed by atoms with Crippen LogP contribution in [0.4, 0.5) is 0 Å². The van der Waals surface area contributed by atoms with Gasteiger partial charge in [0.2, 0.25) is 5.91 Å². The molecule has 130 valence electrons. The van der Waals surface area contributed by atoms with Crippen LogP contribution in [-0.4, -0.2) is 19.1 Å². The Kier molecular flexibility index (Phi) is 7.39. The third kappa shape index (κ3) is 6.18. The smallest absolute Gasteiger partial charge is 0.234 e. The molecule has 0 saturated carbocycles. The van der Waals surface area contributed by atoms with Crippen molar-refractivity contribution in [3.05, 3.63) is 58.1 Å². The van der Waals surface area contributed by atoms with Crippen molar-refractivity contribution in [2.45, 2.75) is 13.0 Å². The lowest BCUT2D eigenvalue weighted by Crippen LogP contribution is -2.22. The van der Waals surface area contributed by atoms with E-state index >= 15 is 0 Å². The van der Waals surface area contributed by atoms with Gasteiger partial charge in [-0.25, -0.2) is 0 Å². The van der Waals surface area contributed by atoms with E-state index in [-0.39, 0.29) is 25.5 Å². The first-order chi connectivity index (χ1) is 12.1. The van der Waals surface area contributed by atoms with Gasteiger partial charge in [-0.2, -0.15) is 5.26 Å². The van der Waals surface area contributed by atoms with Crippen LogP contribution in [0.1, 0.15) is 12.0 Å². The summed E-state index contributed by atoms with van der Waals surface area (Å²) in [6.07, 6.45) is -0.169. The molecule has 5 nitrogen and oxygen atoms in total. The molecule has 0 aliphatic rings. The molecule has 0 bridgehead atoms. The van der Waals surface area contributed by atoms with Gasteiger partial charge in [0.1, 0.15) is 31.1 Å². The molecule has 0 fully saturated rings. The van der Waals surface area contributed by atoms with E-state index in [0.717, 1.165) is 5.56 Å². The lowest BCUT2D eigenvalue weighted by Gasteiger charge is -2.13. The number of hydrogen-bond donors (Lipinski definition) is 1. The molecule has 0 atom stereocenters. The van der Waals surface area contributed by atoms with Gasteiger partial charge in [0, 0.05) is 23.2 Å². The molecule has 0 saturated heterocycles. The Bertz CT molecular complexity index is 775. The number of carbonyl (C=O) groups excluding carboxylic acids is 1. The first-order valence-corrected chi connectivity index (χ1v) is 8.28. The van der Waals surface area contributed by atoms with Crippen molar-refractivity contribution < 1.29 is 14.3 Å². The Morgan fingerprint density at radius 1 is 1.08 bits per heavy atom. The summed E-state index contributed by atoms with van der Waals surface area (Å²) in [6, 6.07) is 14.1. The molecule has 2 aromatic rings. The van der Waals surface area contributed by atoms with Gasteiger partial charge in [-0.05, 0) is 18.2 Å². The first kappa shape index (κ1) is 18.9. The highest BCUT2D eigenvalue weighted by atomic mass is 35.5. The van der Waals surface area contributed by atoms with E-state index in [2.05, 4.69) is 5.32 Å². The highest BCUT2D eigenvalue weighted by molar-refractivity contribution is 6.34. The van der Waals surface area contributed by atoms with E-state index in [4.69, 9.17) is 37.9 Å². The van der Waals surface area contributed by atoms with Crippen LogP contribution in [0.3, 0.4) is 0 Å². The number of halogens is 2. The van der Waals surface area contributed by atoms with Crippen LogP contribution in [0.5, 0.6) is 11.5 Å². The fraction of sp³-hybridized carbons (Fsp3) is 0.222. The monoisotopic (exact) mass is 378 g/mol. The molecular formula is C18H16Cl2N2O3. The van der Waals surface area contributed by atoms with Gasteiger partial charge in [0.15, 0.2) is 0 Å². The van der Waals surface area contributed by atoms with Gasteiger partial charge in [0.25, 0.3) is 0 Å². The number of amides is 1. The maximum atomic E-state index is 11.4. The summed E-state index contributed by atoms with van der Waals surface area (Å²) in [5.41, 5.74) is 0.814. The zero-order valence-corrected chi connectivity index (χ0v) is 14.8. The van der Waals surface area contributed by atoms with Crippen molar-refractivity contribution in [2.24, 2.45) is 0 Å². The van der Waals surface area contributed by atoms with E-state index in [1.54, 1.807) is 30.3 Å². The van der Waals surface area contributed by atoms with Gasteiger partial charge in [-0.3, -0.25) is 4.79 Å². The number of hydrogen-bond acceptors (Lipinski definition) is 4. The molecule has 0 spiro atoms. The SMILES string of the molecule is N#CCC(=O)NCc1ccccc1OCCOc1cc(Cl)ccc1Cl. The lowest BCUT2D eigenvalue weighted by molar-refractivity contribution is -0.120. The standard InChI is InChI=1S/C18H16Cl2N2O3/c19-14-5-6-15(20)17(11-14)25-10-9-24-16-4-2-1-3-13(16)12-22-18(23)7-8-21/h1-6,11H,7,9-10,12H2,(H,22,23). The molecule has 0 heterocycles. The predicted molar refractivity (Wildman–Crippen MR) is 96.0 cm³/mol. The minimum atomic E-state index is -0.323. The van der Waals surface area contributed by atoms with Crippen molar-refractivity contribution >= 4 is 29.1 Å². The zero-order valence-electron chi connectivity index (χ0n) is 13.3. The third-order valence-electron chi connectivity index (χ3n) is 3.18. The number of nitrogens with zero attached hydrogens (tertiary/aromatic N) is 1. The Morgan fingerprint density at radius 2 is 1.80 bits per heavy atom. The summed E-state index contributed by atoms with van der Waals surface area (Å²) >= 11 is 11.9. The third-order valence-corrected chi connectivity index (χ3v) is 3.73. The normalized spacial score (nSPS) is 9.96. The Labute approximate surface area is 156 Å². The second kappa shape index (κ2) is 9.77. The molecule has 25 heavy (non-hydrogen) atoms. The fourth-order valence-electron chi connectivity index (χ4n) is 2.01. The molecule has 1 N–H and O–H groups in total. The van der Waals surface area contributed by atoms with E-state index < -0.39 is 0 Å². The van der Waals surface area contributed by atoms with Crippen molar-refractivity contribution in [1.29, 1.82) is 5.26 Å². The first-order valence-electron chi connectivity index (χ1n) is 7.52. The molecule has 0 aromatic heterocycles. The average molecular weight is 379 g/mol. The molecule has 7 heteroatoms. The minimum absolute atomic E-state index is 0.169. The number of nitrogens with one attached hydrogen (secondary N) is 1. The van der Waals surface area contributed by atoms with Gasteiger partial charge >= 0.3 is 0 Å². The summed E-state index contributed by atoms with van der Waals surface area (Å²) < 4.78 is 11.3. The maximum absolute atomic E-state index is 11.4. The summed E-state index contributed by atoms with van der Waals surface area (Å²) in [4.78, 5) is 11.4. The summed E-state index contributed by atoms with van der Waals surface area (Å²) in [6.45, 7) is 0.874. The summed E-state index contributed by atoms with van der Waals surface area (Å²) in [5.74, 6) is 0.812. The van der Waals surface area contributed by atoms with Crippen molar-refractivity contribution in [3.63, 3.8) is 0 Å².